The normalized spacial score (nSPS) is 13.0. The lowest BCUT2D eigenvalue weighted by atomic mass is 9.98. The van der Waals surface area contributed by atoms with Crippen LogP contribution in [0.15, 0.2) is 90.3 Å². The molecule has 1 amide bonds. The third-order valence-electron chi connectivity index (χ3n) is 5.42. The molecule has 152 valence electrons. The van der Waals surface area contributed by atoms with Gasteiger partial charge in [-0.15, -0.1) is 11.3 Å². The molecule has 0 radical (unpaired) electrons. The fraction of sp³-hybridized carbons (Fsp3) is 0.192. The third-order valence-corrected chi connectivity index (χ3v) is 6.53. The minimum absolute atomic E-state index is 0.0225. The van der Waals surface area contributed by atoms with E-state index in [2.05, 4.69) is 36.6 Å². The number of benzene rings is 3. The van der Waals surface area contributed by atoms with E-state index in [4.69, 9.17) is 4.74 Å². The van der Waals surface area contributed by atoms with Crippen LogP contribution in [0, 0.1) is 0 Å². The Morgan fingerprint density at radius 2 is 1.67 bits per heavy atom. The first-order valence-corrected chi connectivity index (χ1v) is 11.0. The number of fused-ring (bicyclic) bond motifs is 1. The topological polar surface area (TPSA) is 29.5 Å². The lowest BCUT2D eigenvalue weighted by Crippen LogP contribution is -2.36. The maximum absolute atomic E-state index is 12.8. The molecule has 4 aromatic rings. The Morgan fingerprint density at radius 1 is 0.933 bits per heavy atom. The zero-order valence-electron chi connectivity index (χ0n) is 17.2. The van der Waals surface area contributed by atoms with E-state index in [0.29, 0.717) is 18.5 Å². The molecule has 0 aliphatic carbocycles. The second-order valence-corrected chi connectivity index (χ2v) is 8.58. The first-order chi connectivity index (χ1) is 14.6. The van der Waals surface area contributed by atoms with E-state index in [1.807, 2.05) is 67.7 Å². The number of nitrogens with zero attached hydrogens (tertiary/aromatic N) is 1. The molecule has 4 rings (SSSR count). The van der Waals surface area contributed by atoms with Gasteiger partial charge in [-0.05, 0) is 42.0 Å². The van der Waals surface area contributed by atoms with Crippen molar-refractivity contribution in [1.29, 1.82) is 0 Å². The summed E-state index contributed by atoms with van der Waals surface area (Å²) in [4.78, 5) is 15.7. The number of carbonyl (C=O) groups excluding carboxylic acids is 1. The number of thiophene rings is 1. The van der Waals surface area contributed by atoms with Crippen molar-refractivity contribution in [2.45, 2.75) is 18.9 Å². The summed E-state index contributed by atoms with van der Waals surface area (Å²) in [5.41, 5.74) is 0.163. The highest BCUT2D eigenvalue weighted by Crippen LogP contribution is 2.37. The zero-order chi connectivity index (χ0) is 21.0. The van der Waals surface area contributed by atoms with Crippen LogP contribution >= 0.6 is 11.3 Å². The van der Waals surface area contributed by atoms with Crippen LogP contribution in [-0.2, 0) is 5.60 Å². The van der Waals surface area contributed by atoms with Gasteiger partial charge in [0.05, 0.1) is 0 Å². The maximum atomic E-state index is 12.8. The smallest absolute Gasteiger partial charge is 0.253 e. The summed E-state index contributed by atoms with van der Waals surface area (Å²) >= 11 is 1.68. The van der Waals surface area contributed by atoms with Crippen molar-refractivity contribution in [2.75, 3.05) is 13.6 Å². The molecule has 0 bridgehead atoms. The quantitative estimate of drug-likeness (QED) is 0.352. The second kappa shape index (κ2) is 8.72. The average Bonchev–Trinajstić information content (AvgIpc) is 3.34. The first kappa shape index (κ1) is 20.2. The standard InChI is InChI=1S/C26H25NO2S/c1-26(24-16-9-19-30-24,17-18-27(2)25(28)21-11-4-3-5-12-21)29-23-15-8-13-20-10-6-7-14-22(20)23/h3-16,19H,17-18H2,1-2H3. The van der Waals surface area contributed by atoms with E-state index in [0.717, 1.165) is 21.4 Å². The number of hydrogen-bond donors (Lipinski definition) is 0. The van der Waals surface area contributed by atoms with Gasteiger partial charge in [-0.3, -0.25) is 4.79 Å². The molecular formula is C26H25NO2S. The van der Waals surface area contributed by atoms with Crippen LogP contribution in [-0.4, -0.2) is 24.4 Å². The van der Waals surface area contributed by atoms with Crippen molar-refractivity contribution in [2.24, 2.45) is 0 Å². The SMILES string of the molecule is CN(CCC(C)(Oc1cccc2ccccc12)c1cccs1)C(=O)c1ccccc1. The van der Waals surface area contributed by atoms with Crippen LogP contribution < -0.4 is 4.74 Å². The maximum Gasteiger partial charge on any atom is 0.253 e. The van der Waals surface area contributed by atoms with Gasteiger partial charge < -0.3 is 9.64 Å². The number of amides is 1. The molecule has 0 aliphatic heterocycles. The highest BCUT2D eigenvalue weighted by molar-refractivity contribution is 7.10. The largest absolute Gasteiger partial charge is 0.481 e. The summed E-state index contributed by atoms with van der Waals surface area (Å²) < 4.78 is 6.67. The van der Waals surface area contributed by atoms with Crippen LogP contribution in [0.2, 0.25) is 0 Å². The van der Waals surface area contributed by atoms with Gasteiger partial charge >= 0.3 is 0 Å². The van der Waals surface area contributed by atoms with E-state index in [1.54, 1.807) is 16.2 Å². The molecule has 0 fully saturated rings. The summed E-state index contributed by atoms with van der Waals surface area (Å²) in [5, 5.41) is 4.32. The number of rotatable bonds is 7. The summed E-state index contributed by atoms with van der Waals surface area (Å²) in [5.74, 6) is 0.885. The Balaban J connectivity index is 1.58. The predicted molar refractivity (Wildman–Crippen MR) is 124 cm³/mol. The fourth-order valence-electron chi connectivity index (χ4n) is 3.62. The minimum atomic E-state index is -0.538. The van der Waals surface area contributed by atoms with Gasteiger partial charge in [0, 0.05) is 35.8 Å². The Kier molecular flexibility index (Phi) is 5.86. The highest BCUT2D eigenvalue weighted by atomic mass is 32.1. The van der Waals surface area contributed by atoms with Crippen LogP contribution in [0.25, 0.3) is 10.8 Å². The van der Waals surface area contributed by atoms with Crippen molar-refractivity contribution < 1.29 is 9.53 Å². The molecule has 0 N–H and O–H groups in total. The summed E-state index contributed by atoms with van der Waals surface area (Å²) in [6.45, 7) is 2.70. The predicted octanol–water partition coefficient (Wildman–Crippen LogP) is 6.36. The van der Waals surface area contributed by atoms with Crippen LogP contribution in [0.1, 0.15) is 28.6 Å². The average molecular weight is 416 g/mol. The molecule has 3 aromatic carbocycles. The van der Waals surface area contributed by atoms with Crippen molar-refractivity contribution >= 4 is 28.0 Å². The second-order valence-electron chi connectivity index (χ2n) is 7.63. The van der Waals surface area contributed by atoms with E-state index in [-0.39, 0.29) is 5.91 Å². The van der Waals surface area contributed by atoms with E-state index in [1.165, 1.54) is 0 Å². The van der Waals surface area contributed by atoms with Gasteiger partial charge in [0.1, 0.15) is 11.4 Å². The van der Waals surface area contributed by atoms with Gasteiger partial charge in [-0.1, -0.05) is 60.7 Å². The van der Waals surface area contributed by atoms with Crippen LogP contribution in [0.5, 0.6) is 5.75 Å². The molecule has 0 saturated heterocycles. The first-order valence-electron chi connectivity index (χ1n) is 10.1. The van der Waals surface area contributed by atoms with Crippen LogP contribution in [0.3, 0.4) is 0 Å². The molecule has 1 atom stereocenters. The highest BCUT2D eigenvalue weighted by Gasteiger charge is 2.31. The van der Waals surface area contributed by atoms with E-state index in [9.17, 15) is 4.79 Å². The van der Waals surface area contributed by atoms with E-state index < -0.39 is 5.60 Å². The van der Waals surface area contributed by atoms with E-state index >= 15 is 0 Å². The lowest BCUT2D eigenvalue weighted by molar-refractivity contribution is 0.0604. The Morgan fingerprint density at radius 3 is 2.43 bits per heavy atom. The number of ether oxygens (including phenoxy) is 1. The Labute approximate surface area is 181 Å². The lowest BCUT2D eigenvalue weighted by Gasteiger charge is -2.32. The van der Waals surface area contributed by atoms with Gasteiger partial charge in [0.25, 0.3) is 5.91 Å². The summed E-state index contributed by atoms with van der Waals surface area (Å²) in [6.07, 6.45) is 0.686. The Bertz CT molecular complexity index is 1120. The van der Waals surface area contributed by atoms with Crippen molar-refractivity contribution in [3.63, 3.8) is 0 Å². The molecule has 3 nitrogen and oxygen atoms in total. The van der Waals surface area contributed by atoms with Crippen molar-refractivity contribution in [1.82, 2.24) is 4.90 Å². The zero-order valence-corrected chi connectivity index (χ0v) is 18.1. The molecule has 4 heteroatoms. The van der Waals surface area contributed by atoms with Crippen LogP contribution in [0.4, 0.5) is 0 Å². The molecule has 1 heterocycles. The molecule has 0 saturated carbocycles. The van der Waals surface area contributed by atoms with Gasteiger partial charge in [0.15, 0.2) is 0 Å². The van der Waals surface area contributed by atoms with Gasteiger partial charge in [0.2, 0.25) is 0 Å². The molecule has 1 aromatic heterocycles. The fourth-order valence-corrected chi connectivity index (χ4v) is 4.47. The third kappa shape index (κ3) is 4.24. The number of carbonyl (C=O) groups is 1. The molecular weight excluding hydrogens is 390 g/mol. The minimum Gasteiger partial charge on any atom is -0.481 e. The van der Waals surface area contributed by atoms with Gasteiger partial charge in [-0.25, -0.2) is 0 Å². The summed E-state index contributed by atoms with van der Waals surface area (Å²) in [6, 6.07) is 27.9. The summed E-state index contributed by atoms with van der Waals surface area (Å²) in [7, 11) is 1.85. The van der Waals surface area contributed by atoms with Crippen molar-refractivity contribution in [3.05, 3.63) is 101 Å². The molecule has 0 aliphatic rings. The molecule has 30 heavy (non-hydrogen) atoms. The monoisotopic (exact) mass is 415 g/mol. The Hall–Kier alpha value is -3.11. The van der Waals surface area contributed by atoms with Crippen molar-refractivity contribution in [3.8, 4) is 5.75 Å². The molecule has 1 unspecified atom stereocenters. The molecule has 0 spiro atoms. The number of hydrogen-bond acceptors (Lipinski definition) is 3. The van der Waals surface area contributed by atoms with Gasteiger partial charge in [-0.2, -0.15) is 0 Å².